The molecule has 0 atom stereocenters. The number of ether oxygens (including phenoxy) is 1. The molecule has 4 nitrogen and oxygen atoms in total. The Bertz CT molecular complexity index is 130. The molecule has 9 heavy (non-hydrogen) atoms. The molecule has 0 radical (unpaired) electrons. The molecule has 0 aliphatic rings. The van der Waals surface area contributed by atoms with Gasteiger partial charge in [-0.15, -0.1) is 0 Å². The van der Waals surface area contributed by atoms with Gasteiger partial charge >= 0.3 is 5.97 Å². The smallest absolute Gasteiger partial charge is 0.374 e. The van der Waals surface area contributed by atoms with Gasteiger partial charge in [-0.3, -0.25) is 0 Å². The fourth-order valence-electron chi connectivity index (χ4n) is 0.273. The number of hydrogen-bond donors (Lipinski definition) is 2. The predicted molar refractivity (Wildman–Crippen MR) is 31.5 cm³/mol. The molecule has 0 aromatic heterocycles. The van der Waals surface area contributed by atoms with E-state index in [4.69, 9.17) is 10.8 Å². The summed E-state index contributed by atoms with van der Waals surface area (Å²) < 4.78 is 4.36. The molecule has 52 valence electrons. The number of aliphatic hydroxyl groups excluding tert-OH is 1. The molecule has 0 bridgehead atoms. The highest BCUT2D eigenvalue weighted by Crippen LogP contribution is 1.88. The average Bonchev–Trinajstić information content (AvgIpc) is 1.87. The maximum atomic E-state index is 10.4. The largest absolute Gasteiger partial charge is 0.501 e. The Labute approximate surface area is 52.9 Å². The van der Waals surface area contributed by atoms with Gasteiger partial charge in [0, 0.05) is 6.20 Å². The van der Waals surface area contributed by atoms with Gasteiger partial charge in [-0.2, -0.15) is 0 Å². The first kappa shape index (κ1) is 7.81. The molecule has 0 spiro atoms. The summed E-state index contributed by atoms with van der Waals surface area (Å²) in [6.07, 6.45) is 0.790. The van der Waals surface area contributed by atoms with Crippen LogP contribution in [-0.2, 0) is 9.53 Å². The Morgan fingerprint density at radius 1 is 1.89 bits per heavy atom. The molecule has 0 fully saturated rings. The van der Waals surface area contributed by atoms with Crippen LogP contribution in [0.5, 0.6) is 0 Å². The molecular formula is C5H9NO3. The first-order chi connectivity index (χ1) is 4.22. The molecule has 0 amide bonds. The number of esters is 1. The first-order valence-corrected chi connectivity index (χ1v) is 2.50. The van der Waals surface area contributed by atoms with Crippen LogP contribution in [0.15, 0.2) is 12.0 Å². The molecule has 0 rings (SSSR count). The van der Waals surface area contributed by atoms with Gasteiger partial charge in [0.15, 0.2) is 0 Å². The highest BCUT2D eigenvalue weighted by molar-refractivity contribution is 5.85. The second-order valence-electron chi connectivity index (χ2n) is 1.27. The minimum Gasteiger partial charge on any atom is -0.501 e. The van der Waals surface area contributed by atoms with Gasteiger partial charge in [0.2, 0.25) is 5.76 Å². The summed E-state index contributed by atoms with van der Waals surface area (Å²) in [6.45, 7) is 1.87. The average molecular weight is 131 g/mol. The summed E-state index contributed by atoms with van der Waals surface area (Å²) in [5.74, 6) is -1.35. The van der Waals surface area contributed by atoms with Crippen molar-refractivity contribution in [2.45, 2.75) is 6.92 Å². The van der Waals surface area contributed by atoms with E-state index >= 15 is 0 Å². The summed E-state index contributed by atoms with van der Waals surface area (Å²) >= 11 is 0. The SMILES string of the molecule is CCOC(=O)/C(O)=C/N. The van der Waals surface area contributed by atoms with Gasteiger partial charge in [0.25, 0.3) is 0 Å². The minimum atomic E-state index is -0.792. The summed E-state index contributed by atoms with van der Waals surface area (Å²) in [7, 11) is 0. The second kappa shape index (κ2) is 3.77. The van der Waals surface area contributed by atoms with E-state index in [2.05, 4.69) is 4.74 Å². The number of nitrogens with two attached hydrogens (primary N) is 1. The van der Waals surface area contributed by atoms with Crippen molar-refractivity contribution < 1.29 is 14.6 Å². The fraction of sp³-hybridized carbons (Fsp3) is 0.400. The topological polar surface area (TPSA) is 72.5 Å². The molecule has 0 aliphatic carbocycles. The van der Waals surface area contributed by atoms with Gasteiger partial charge in [-0.1, -0.05) is 0 Å². The van der Waals surface area contributed by atoms with Gasteiger partial charge in [-0.25, -0.2) is 4.79 Å². The van der Waals surface area contributed by atoms with Crippen LogP contribution in [0.1, 0.15) is 6.92 Å². The Balaban J connectivity index is 3.74. The van der Waals surface area contributed by atoms with Crippen LogP contribution in [0, 0.1) is 0 Å². The third-order valence-electron chi connectivity index (χ3n) is 0.642. The standard InChI is InChI=1S/C5H9NO3/c1-2-9-5(8)4(7)3-6/h3,7H,2,6H2,1H3/b4-3-. The Morgan fingerprint density at radius 2 is 2.44 bits per heavy atom. The Morgan fingerprint density at radius 3 is 2.78 bits per heavy atom. The molecule has 0 saturated heterocycles. The van der Waals surface area contributed by atoms with Crippen molar-refractivity contribution in [1.29, 1.82) is 0 Å². The van der Waals surface area contributed by atoms with E-state index in [9.17, 15) is 4.79 Å². The van der Waals surface area contributed by atoms with Crippen molar-refractivity contribution in [3.8, 4) is 0 Å². The van der Waals surface area contributed by atoms with Gasteiger partial charge in [0.05, 0.1) is 6.61 Å². The monoisotopic (exact) mass is 131 g/mol. The van der Waals surface area contributed by atoms with Crippen LogP contribution in [-0.4, -0.2) is 17.7 Å². The molecule has 0 unspecified atom stereocenters. The Kier molecular flexibility index (Phi) is 3.27. The van der Waals surface area contributed by atoms with Crippen LogP contribution < -0.4 is 5.73 Å². The Hall–Kier alpha value is -1.19. The van der Waals surface area contributed by atoms with E-state index in [1.54, 1.807) is 6.92 Å². The summed E-state index contributed by atoms with van der Waals surface area (Å²) in [6, 6.07) is 0. The van der Waals surface area contributed by atoms with E-state index in [1.165, 1.54) is 0 Å². The minimum absolute atomic E-state index is 0.233. The zero-order chi connectivity index (χ0) is 7.28. The maximum absolute atomic E-state index is 10.4. The van der Waals surface area contributed by atoms with Crippen molar-refractivity contribution in [1.82, 2.24) is 0 Å². The summed E-state index contributed by atoms with van der Waals surface area (Å²) in [4.78, 5) is 10.4. The van der Waals surface area contributed by atoms with E-state index in [0.717, 1.165) is 6.20 Å². The van der Waals surface area contributed by atoms with Crippen molar-refractivity contribution in [3.63, 3.8) is 0 Å². The van der Waals surface area contributed by atoms with Crippen molar-refractivity contribution in [2.24, 2.45) is 5.73 Å². The molecule has 3 N–H and O–H groups in total. The number of hydrogen-bond acceptors (Lipinski definition) is 4. The van der Waals surface area contributed by atoms with Crippen LogP contribution in [0.2, 0.25) is 0 Å². The number of carbonyl (C=O) groups is 1. The van der Waals surface area contributed by atoms with Crippen LogP contribution >= 0.6 is 0 Å². The highest BCUT2D eigenvalue weighted by Gasteiger charge is 2.04. The molecule has 0 aromatic rings. The molecule has 4 heteroatoms. The van der Waals surface area contributed by atoms with Crippen LogP contribution in [0.4, 0.5) is 0 Å². The maximum Gasteiger partial charge on any atom is 0.374 e. The first-order valence-electron chi connectivity index (χ1n) is 2.50. The van der Waals surface area contributed by atoms with Gasteiger partial charge < -0.3 is 15.6 Å². The summed E-state index contributed by atoms with van der Waals surface area (Å²) in [5.41, 5.74) is 4.79. The van der Waals surface area contributed by atoms with Crippen LogP contribution in [0.25, 0.3) is 0 Å². The normalized spacial score (nSPS) is 11.0. The van der Waals surface area contributed by atoms with E-state index in [-0.39, 0.29) is 6.61 Å². The van der Waals surface area contributed by atoms with E-state index < -0.39 is 11.7 Å². The lowest BCUT2D eigenvalue weighted by atomic mass is 10.5. The lowest BCUT2D eigenvalue weighted by Gasteiger charge is -1.96. The third-order valence-corrected chi connectivity index (χ3v) is 0.642. The van der Waals surface area contributed by atoms with Crippen molar-refractivity contribution in [3.05, 3.63) is 12.0 Å². The molecule has 0 aliphatic heterocycles. The van der Waals surface area contributed by atoms with Gasteiger partial charge in [0.1, 0.15) is 0 Å². The molecule has 0 heterocycles. The van der Waals surface area contributed by atoms with Crippen LogP contribution in [0.3, 0.4) is 0 Å². The number of rotatable bonds is 2. The second-order valence-corrected chi connectivity index (χ2v) is 1.27. The summed E-state index contributed by atoms with van der Waals surface area (Å²) in [5, 5.41) is 8.52. The van der Waals surface area contributed by atoms with Gasteiger partial charge in [-0.05, 0) is 6.92 Å². The lowest BCUT2D eigenvalue weighted by Crippen LogP contribution is -2.08. The molecule has 0 saturated carbocycles. The zero-order valence-electron chi connectivity index (χ0n) is 5.13. The fourth-order valence-corrected chi connectivity index (χ4v) is 0.273. The third kappa shape index (κ3) is 2.58. The van der Waals surface area contributed by atoms with Crippen molar-refractivity contribution in [2.75, 3.05) is 6.61 Å². The lowest BCUT2D eigenvalue weighted by molar-refractivity contribution is -0.141. The molecule has 0 aromatic carbocycles. The zero-order valence-corrected chi connectivity index (χ0v) is 5.13. The van der Waals surface area contributed by atoms with Crippen molar-refractivity contribution >= 4 is 5.97 Å². The number of carbonyl (C=O) groups excluding carboxylic acids is 1. The predicted octanol–water partition coefficient (Wildman–Crippen LogP) is -0.0924. The van der Waals surface area contributed by atoms with E-state index in [1.807, 2.05) is 0 Å². The quantitative estimate of drug-likeness (QED) is 0.312. The number of aliphatic hydroxyl groups is 1. The van der Waals surface area contributed by atoms with E-state index in [0.29, 0.717) is 0 Å². The highest BCUT2D eigenvalue weighted by atomic mass is 16.5. The molecular weight excluding hydrogens is 122 g/mol.